The molecule has 0 aliphatic carbocycles. The van der Waals surface area contributed by atoms with Gasteiger partial charge in [0.25, 0.3) is 5.69 Å². The number of nitro groups is 1. The summed E-state index contributed by atoms with van der Waals surface area (Å²) in [6.45, 7) is 25.9. The van der Waals surface area contributed by atoms with Crippen molar-refractivity contribution in [2.45, 2.75) is 116 Å². The first-order valence-electron chi connectivity index (χ1n) is 13.5. The quantitative estimate of drug-likeness (QED) is 0.0654. The van der Waals surface area contributed by atoms with E-state index in [1.165, 1.54) is 12.1 Å². The Kier molecular flexibility index (Phi) is 9.38. The van der Waals surface area contributed by atoms with Gasteiger partial charge in [-0.05, 0) is 54.7 Å². The van der Waals surface area contributed by atoms with Crippen molar-refractivity contribution in [3.05, 3.63) is 39.9 Å². The minimum absolute atomic E-state index is 0.0107. The van der Waals surface area contributed by atoms with E-state index in [4.69, 9.17) is 9.16 Å². The number of amides is 1. The van der Waals surface area contributed by atoms with Crippen molar-refractivity contribution in [1.82, 2.24) is 4.57 Å². The van der Waals surface area contributed by atoms with Gasteiger partial charge < -0.3 is 13.7 Å². The number of hydrogen-bond donors (Lipinski definition) is 0. The van der Waals surface area contributed by atoms with E-state index in [2.05, 4.69) is 91.1 Å². The molecule has 1 fully saturated rings. The second-order valence-electron chi connectivity index (χ2n) is 13.9. The summed E-state index contributed by atoms with van der Waals surface area (Å²) < 4.78 is 14.0. The summed E-state index contributed by atoms with van der Waals surface area (Å²) in [6, 6.07) is 5.83. The van der Waals surface area contributed by atoms with E-state index in [9.17, 15) is 19.7 Å². The van der Waals surface area contributed by atoms with E-state index >= 15 is 0 Å². The number of ether oxygens (including phenoxy) is 1. The van der Waals surface area contributed by atoms with Crippen LogP contribution in [0.5, 0.6) is 0 Å². The Bertz CT molecular complexity index is 1160. The van der Waals surface area contributed by atoms with Gasteiger partial charge in [0.1, 0.15) is 6.61 Å². The molecule has 1 aromatic carbocycles. The Balaban J connectivity index is 2.26. The molecule has 1 aromatic rings. The molecule has 0 spiro atoms. The van der Waals surface area contributed by atoms with Gasteiger partial charge in [-0.2, -0.15) is 0 Å². The Morgan fingerprint density at radius 2 is 1.64 bits per heavy atom. The summed E-state index contributed by atoms with van der Waals surface area (Å²) in [6.07, 6.45) is 0.0496. The Hall–Kier alpha value is -2.49. The number of nitro benzene ring substituents is 1. The number of hydrogen-bond acceptors (Lipinski definition) is 6. The highest BCUT2D eigenvalue weighted by molar-refractivity contribution is 6.80. The van der Waals surface area contributed by atoms with Crippen molar-refractivity contribution in [3.8, 4) is 11.8 Å². The molecule has 1 aliphatic heterocycles. The SMILES string of the molecule is C[C@@H](O[Si](C)(C)C(C)(C)C)[C@H]1C(=O)N([Si](C)(C)C(C)(C)C)[C@]1(C)CC#CC(=O)OCc1ccc([N+](=O)[O-])cc1. The van der Waals surface area contributed by atoms with Crippen LogP contribution < -0.4 is 0 Å². The summed E-state index contributed by atoms with van der Waals surface area (Å²) in [7, 11) is -4.36. The molecule has 216 valence electrons. The topological polar surface area (TPSA) is 99.0 Å². The Morgan fingerprint density at radius 3 is 2.10 bits per heavy atom. The van der Waals surface area contributed by atoms with Crippen LogP contribution in [-0.2, 0) is 25.4 Å². The van der Waals surface area contributed by atoms with E-state index < -0.39 is 33.0 Å². The zero-order valence-electron chi connectivity index (χ0n) is 25.7. The predicted octanol–water partition coefficient (Wildman–Crippen LogP) is 6.66. The molecule has 0 aromatic heterocycles. The highest BCUT2D eigenvalue weighted by Crippen LogP contribution is 2.53. The first-order chi connectivity index (χ1) is 17.6. The number of carbonyl (C=O) groups is 2. The maximum Gasteiger partial charge on any atom is 0.384 e. The van der Waals surface area contributed by atoms with Crippen LogP contribution >= 0.6 is 0 Å². The molecule has 39 heavy (non-hydrogen) atoms. The number of non-ortho nitro benzene ring substituents is 1. The van der Waals surface area contributed by atoms with E-state index in [0.717, 1.165) is 0 Å². The van der Waals surface area contributed by atoms with Gasteiger partial charge in [-0.25, -0.2) is 4.79 Å². The third-order valence-corrected chi connectivity index (χ3v) is 19.1. The normalized spacial score (nSPS) is 21.0. The molecule has 0 saturated carbocycles. The smallest absolute Gasteiger partial charge is 0.384 e. The molecule has 10 heteroatoms. The zero-order chi connectivity index (χ0) is 30.2. The Morgan fingerprint density at radius 1 is 1.10 bits per heavy atom. The summed E-state index contributed by atoms with van der Waals surface area (Å²) in [5.41, 5.74) is 0.0295. The van der Waals surface area contributed by atoms with Gasteiger partial charge in [-0.1, -0.05) is 60.6 Å². The Labute approximate surface area is 236 Å². The highest BCUT2D eigenvalue weighted by Gasteiger charge is 2.65. The van der Waals surface area contributed by atoms with Gasteiger partial charge in [0.2, 0.25) is 5.91 Å². The lowest BCUT2D eigenvalue weighted by molar-refractivity contribution is -0.384. The molecule has 1 aliphatic rings. The van der Waals surface area contributed by atoms with Crippen molar-refractivity contribution in [3.63, 3.8) is 0 Å². The largest absolute Gasteiger partial charge is 0.451 e. The molecule has 1 saturated heterocycles. The number of nitrogens with zero attached hydrogens (tertiary/aromatic N) is 2. The van der Waals surface area contributed by atoms with Crippen molar-refractivity contribution >= 4 is 34.1 Å². The van der Waals surface area contributed by atoms with Crippen LogP contribution in [0.15, 0.2) is 24.3 Å². The van der Waals surface area contributed by atoms with Crippen molar-refractivity contribution in [2.75, 3.05) is 0 Å². The number of rotatable bonds is 8. The van der Waals surface area contributed by atoms with Crippen molar-refractivity contribution < 1.29 is 23.7 Å². The van der Waals surface area contributed by atoms with Crippen molar-refractivity contribution in [1.29, 1.82) is 0 Å². The molecule has 3 atom stereocenters. The molecule has 0 radical (unpaired) electrons. The fourth-order valence-corrected chi connectivity index (χ4v) is 9.05. The van der Waals surface area contributed by atoms with Crippen LogP contribution in [0.1, 0.15) is 67.4 Å². The molecular weight excluding hydrogens is 528 g/mol. The lowest BCUT2D eigenvalue weighted by atomic mass is 9.72. The fourth-order valence-electron chi connectivity index (χ4n) is 4.78. The monoisotopic (exact) mass is 574 g/mol. The molecule has 0 bridgehead atoms. The summed E-state index contributed by atoms with van der Waals surface area (Å²) in [4.78, 5) is 36.5. The van der Waals surface area contributed by atoms with Crippen LogP contribution in [0.2, 0.25) is 36.3 Å². The first-order valence-corrected chi connectivity index (χ1v) is 19.3. The first kappa shape index (κ1) is 32.7. The van der Waals surface area contributed by atoms with Crippen LogP contribution in [0.25, 0.3) is 0 Å². The fraction of sp³-hybridized carbons (Fsp3) is 0.655. The van der Waals surface area contributed by atoms with Crippen molar-refractivity contribution in [2.24, 2.45) is 5.92 Å². The molecule has 8 nitrogen and oxygen atoms in total. The predicted molar refractivity (Wildman–Crippen MR) is 159 cm³/mol. The minimum atomic E-state index is -2.24. The van der Waals surface area contributed by atoms with Crippen LogP contribution in [0.4, 0.5) is 5.69 Å². The van der Waals surface area contributed by atoms with Gasteiger partial charge in [0.15, 0.2) is 16.6 Å². The minimum Gasteiger partial charge on any atom is -0.451 e. The maximum atomic E-state index is 13.8. The number of carbonyl (C=O) groups excluding carboxylic acids is 2. The van der Waals surface area contributed by atoms with E-state index in [1.807, 2.05) is 6.92 Å². The molecule has 1 amide bonds. The second-order valence-corrected chi connectivity index (χ2v) is 23.7. The zero-order valence-corrected chi connectivity index (χ0v) is 27.7. The molecule has 0 N–H and O–H groups in total. The lowest BCUT2D eigenvalue weighted by Crippen LogP contribution is -2.80. The molecule has 2 rings (SSSR count). The van der Waals surface area contributed by atoms with Crippen LogP contribution in [0, 0.1) is 27.9 Å². The van der Waals surface area contributed by atoms with Gasteiger partial charge in [0.05, 0.1) is 22.5 Å². The third-order valence-electron chi connectivity index (χ3n) is 8.97. The molecule has 1 heterocycles. The highest BCUT2D eigenvalue weighted by atomic mass is 28.4. The number of β-lactam (4-membered cyclic amide) rings is 1. The van der Waals surface area contributed by atoms with E-state index in [1.54, 1.807) is 12.1 Å². The van der Waals surface area contributed by atoms with E-state index in [-0.39, 0.29) is 40.3 Å². The van der Waals surface area contributed by atoms with E-state index in [0.29, 0.717) is 12.0 Å². The van der Waals surface area contributed by atoms with Gasteiger partial charge >= 0.3 is 5.97 Å². The maximum absolute atomic E-state index is 13.8. The third kappa shape index (κ3) is 6.81. The molecule has 0 unspecified atom stereocenters. The summed E-state index contributed by atoms with van der Waals surface area (Å²) >= 11 is 0. The average Bonchev–Trinajstić information content (AvgIpc) is 2.75. The van der Waals surface area contributed by atoms with Crippen LogP contribution in [-0.4, -0.2) is 49.6 Å². The number of benzene rings is 1. The second kappa shape index (κ2) is 11.2. The van der Waals surface area contributed by atoms with Crippen LogP contribution in [0.3, 0.4) is 0 Å². The lowest BCUT2D eigenvalue weighted by Gasteiger charge is -2.65. The standard InChI is InChI=1S/C29H46N2O6Si2/c1-21(37-39(11,12)28(5,6)7)25-26(33)30(38(9,10)27(2,3)4)29(25,8)19-13-14-24(32)36-20-22-15-17-23(18-16-22)31(34)35/h15-18,21,25H,19-20H2,1-12H3/t21-,25+,29-/m1/s1. The van der Waals surface area contributed by atoms with Gasteiger partial charge in [-0.15, -0.1) is 0 Å². The summed E-state index contributed by atoms with van der Waals surface area (Å²) in [5, 5.41) is 10.8. The number of esters is 1. The van der Waals surface area contributed by atoms with Gasteiger partial charge in [0, 0.05) is 24.5 Å². The average molecular weight is 575 g/mol. The summed E-state index contributed by atoms with van der Waals surface area (Å²) in [5.74, 6) is 4.68. The van der Waals surface area contributed by atoms with Gasteiger partial charge in [-0.3, -0.25) is 14.9 Å². The molecular formula is C29H46N2O6Si2.